The Balaban J connectivity index is 1.46. The molecule has 0 bridgehead atoms. The van der Waals surface area contributed by atoms with Crippen molar-refractivity contribution < 1.29 is 0 Å². The Morgan fingerprint density at radius 2 is 1.92 bits per heavy atom. The van der Waals surface area contributed by atoms with Crippen LogP contribution in [-0.2, 0) is 19.6 Å². The van der Waals surface area contributed by atoms with Crippen molar-refractivity contribution in [2.45, 2.75) is 33.0 Å². The van der Waals surface area contributed by atoms with Crippen molar-refractivity contribution in [3.63, 3.8) is 0 Å². The number of benzene rings is 2. The molecule has 0 radical (unpaired) electrons. The van der Waals surface area contributed by atoms with Gasteiger partial charge in [-0.25, -0.2) is 4.98 Å². The number of aryl methyl sites for hydroxylation is 2. The molecular formula is C21H24N4. The van der Waals surface area contributed by atoms with E-state index >= 15 is 0 Å². The zero-order valence-electron chi connectivity index (χ0n) is 14.7. The third-order valence-electron chi connectivity index (χ3n) is 4.81. The molecule has 0 aliphatic rings. The van der Waals surface area contributed by atoms with Gasteiger partial charge in [0.05, 0.1) is 6.33 Å². The molecule has 4 aromatic rings. The van der Waals surface area contributed by atoms with E-state index in [9.17, 15) is 0 Å². The average molecular weight is 332 g/mol. The number of nitrogens with one attached hydrogen (secondary N) is 1. The summed E-state index contributed by atoms with van der Waals surface area (Å²) in [5.41, 5.74) is 3.99. The summed E-state index contributed by atoms with van der Waals surface area (Å²) in [6.45, 7) is 6.13. The van der Waals surface area contributed by atoms with Crippen LogP contribution in [0.25, 0.3) is 21.8 Å². The van der Waals surface area contributed by atoms with E-state index in [4.69, 9.17) is 0 Å². The quantitative estimate of drug-likeness (QED) is 0.515. The molecule has 0 aliphatic carbocycles. The van der Waals surface area contributed by atoms with Gasteiger partial charge in [0.15, 0.2) is 0 Å². The van der Waals surface area contributed by atoms with E-state index in [2.05, 4.69) is 68.8 Å². The summed E-state index contributed by atoms with van der Waals surface area (Å²) in [6.07, 6.45) is 6.82. The SMILES string of the molecule is CCn1c2ccccc2c2cc(CNCCCn3ccnc3)ccc21. The lowest BCUT2D eigenvalue weighted by molar-refractivity contribution is 0.581. The van der Waals surface area contributed by atoms with Crippen molar-refractivity contribution in [3.8, 4) is 0 Å². The number of rotatable bonds is 7. The predicted octanol–water partition coefficient (Wildman–Crippen LogP) is 4.19. The van der Waals surface area contributed by atoms with Gasteiger partial charge in [0, 0.05) is 53.8 Å². The number of nitrogens with zero attached hydrogens (tertiary/aromatic N) is 3. The van der Waals surface area contributed by atoms with Gasteiger partial charge < -0.3 is 14.5 Å². The van der Waals surface area contributed by atoms with E-state index in [1.54, 1.807) is 0 Å². The second-order valence-corrected chi connectivity index (χ2v) is 6.44. The highest BCUT2D eigenvalue weighted by Gasteiger charge is 2.09. The molecule has 4 nitrogen and oxygen atoms in total. The van der Waals surface area contributed by atoms with Crippen LogP contribution >= 0.6 is 0 Å². The molecule has 1 N–H and O–H groups in total. The Morgan fingerprint density at radius 1 is 1.04 bits per heavy atom. The van der Waals surface area contributed by atoms with Crippen molar-refractivity contribution in [3.05, 3.63) is 66.7 Å². The fraction of sp³-hybridized carbons (Fsp3) is 0.286. The van der Waals surface area contributed by atoms with Crippen LogP contribution < -0.4 is 5.32 Å². The molecular weight excluding hydrogens is 308 g/mol. The molecule has 0 atom stereocenters. The third-order valence-corrected chi connectivity index (χ3v) is 4.81. The molecule has 0 saturated heterocycles. The number of hydrogen-bond acceptors (Lipinski definition) is 2. The van der Waals surface area contributed by atoms with Gasteiger partial charge >= 0.3 is 0 Å². The second-order valence-electron chi connectivity index (χ2n) is 6.44. The monoisotopic (exact) mass is 332 g/mol. The van der Waals surface area contributed by atoms with Gasteiger partial charge in [0.25, 0.3) is 0 Å². The number of imidazole rings is 1. The fourth-order valence-corrected chi connectivity index (χ4v) is 3.59. The molecule has 0 saturated carbocycles. The Bertz CT molecular complexity index is 966. The first-order valence-electron chi connectivity index (χ1n) is 9.03. The summed E-state index contributed by atoms with van der Waals surface area (Å²) in [7, 11) is 0. The summed E-state index contributed by atoms with van der Waals surface area (Å²) < 4.78 is 4.51. The van der Waals surface area contributed by atoms with Crippen LogP contribution in [0.3, 0.4) is 0 Å². The lowest BCUT2D eigenvalue weighted by Crippen LogP contribution is -2.16. The average Bonchev–Trinajstić information content (AvgIpc) is 3.27. The van der Waals surface area contributed by atoms with Crippen LogP contribution in [0.5, 0.6) is 0 Å². The second kappa shape index (κ2) is 7.11. The maximum absolute atomic E-state index is 4.07. The summed E-state index contributed by atoms with van der Waals surface area (Å²) in [5, 5.41) is 6.26. The van der Waals surface area contributed by atoms with Gasteiger partial charge in [0.1, 0.15) is 0 Å². The third kappa shape index (κ3) is 3.17. The van der Waals surface area contributed by atoms with E-state index in [-0.39, 0.29) is 0 Å². The molecule has 0 aliphatic heterocycles. The maximum Gasteiger partial charge on any atom is 0.0945 e. The summed E-state index contributed by atoms with van der Waals surface area (Å²) in [6, 6.07) is 15.5. The Hall–Kier alpha value is -2.59. The van der Waals surface area contributed by atoms with Crippen molar-refractivity contribution >= 4 is 21.8 Å². The Morgan fingerprint density at radius 3 is 2.76 bits per heavy atom. The molecule has 0 fully saturated rings. The van der Waals surface area contributed by atoms with E-state index in [0.29, 0.717) is 0 Å². The molecule has 25 heavy (non-hydrogen) atoms. The number of hydrogen-bond donors (Lipinski definition) is 1. The van der Waals surface area contributed by atoms with Gasteiger partial charge in [-0.15, -0.1) is 0 Å². The number of fused-ring (bicyclic) bond motifs is 3. The first-order valence-corrected chi connectivity index (χ1v) is 9.03. The van der Waals surface area contributed by atoms with Gasteiger partial charge in [-0.05, 0) is 43.7 Å². The minimum absolute atomic E-state index is 0.908. The number of aromatic nitrogens is 3. The highest BCUT2D eigenvalue weighted by atomic mass is 15.0. The molecule has 128 valence electrons. The first-order chi connectivity index (χ1) is 12.4. The van der Waals surface area contributed by atoms with E-state index < -0.39 is 0 Å². The van der Waals surface area contributed by atoms with Crippen molar-refractivity contribution in [1.29, 1.82) is 0 Å². The van der Waals surface area contributed by atoms with E-state index in [0.717, 1.165) is 32.6 Å². The summed E-state index contributed by atoms with van der Waals surface area (Å²) in [5.74, 6) is 0. The minimum Gasteiger partial charge on any atom is -0.341 e. The van der Waals surface area contributed by atoms with Gasteiger partial charge in [0.2, 0.25) is 0 Å². The highest BCUT2D eigenvalue weighted by Crippen LogP contribution is 2.29. The largest absolute Gasteiger partial charge is 0.341 e. The molecule has 4 rings (SSSR count). The molecule has 0 unspecified atom stereocenters. The van der Waals surface area contributed by atoms with Gasteiger partial charge in [-0.2, -0.15) is 0 Å². The molecule has 4 heteroatoms. The Kier molecular flexibility index (Phi) is 4.53. The van der Waals surface area contributed by atoms with Crippen LogP contribution in [0.1, 0.15) is 18.9 Å². The minimum atomic E-state index is 0.908. The molecule has 2 aromatic carbocycles. The molecule has 2 heterocycles. The van der Waals surface area contributed by atoms with Crippen LogP contribution in [0.4, 0.5) is 0 Å². The van der Waals surface area contributed by atoms with Crippen LogP contribution in [0.2, 0.25) is 0 Å². The molecule has 0 amide bonds. The lowest BCUT2D eigenvalue weighted by atomic mass is 10.1. The smallest absolute Gasteiger partial charge is 0.0945 e. The number of para-hydroxylation sites is 1. The van der Waals surface area contributed by atoms with Crippen LogP contribution in [0, 0.1) is 0 Å². The zero-order chi connectivity index (χ0) is 17.1. The Labute approximate surface area is 148 Å². The van der Waals surface area contributed by atoms with Crippen molar-refractivity contribution in [2.75, 3.05) is 6.54 Å². The molecule has 2 aromatic heterocycles. The van der Waals surface area contributed by atoms with Crippen molar-refractivity contribution in [1.82, 2.24) is 19.4 Å². The van der Waals surface area contributed by atoms with Crippen LogP contribution in [0.15, 0.2) is 61.2 Å². The van der Waals surface area contributed by atoms with Crippen molar-refractivity contribution in [2.24, 2.45) is 0 Å². The topological polar surface area (TPSA) is 34.8 Å². The fourth-order valence-electron chi connectivity index (χ4n) is 3.59. The van der Waals surface area contributed by atoms with E-state index in [1.165, 1.54) is 27.4 Å². The lowest BCUT2D eigenvalue weighted by Gasteiger charge is -2.07. The first kappa shape index (κ1) is 15.9. The summed E-state index contributed by atoms with van der Waals surface area (Å²) in [4.78, 5) is 4.07. The predicted molar refractivity (Wildman–Crippen MR) is 104 cm³/mol. The van der Waals surface area contributed by atoms with Gasteiger partial charge in [-0.3, -0.25) is 0 Å². The normalized spacial score (nSPS) is 11.6. The van der Waals surface area contributed by atoms with Crippen LogP contribution in [-0.4, -0.2) is 20.7 Å². The zero-order valence-corrected chi connectivity index (χ0v) is 14.7. The standard InChI is InChI=1S/C21H24N4/c1-2-25-20-7-4-3-6-18(20)19-14-17(8-9-21(19)25)15-22-10-5-12-24-13-11-23-16-24/h3-4,6-9,11,13-14,16,22H,2,5,10,12,15H2,1H3. The summed E-state index contributed by atoms with van der Waals surface area (Å²) >= 11 is 0. The highest BCUT2D eigenvalue weighted by molar-refractivity contribution is 6.08. The maximum atomic E-state index is 4.07. The molecule has 0 spiro atoms. The van der Waals surface area contributed by atoms with E-state index in [1.807, 2.05) is 18.7 Å². The van der Waals surface area contributed by atoms with Gasteiger partial charge in [-0.1, -0.05) is 24.3 Å².